The normalized spacial score (nSPS) is 22.2. The SMILES string of the molecule is OCC1(c2ccc3c(c2)CCC3)COC1. The number of hydrogen-bond donors (Lipinski definition) is 1. The third-order valence-corrected chi connectivity index (χ3v) is 3.77. The molecule has 1 N–H and O–H groups in total. The highest BCUT2D eigenvalue weighted by Crippen LogP contribution is 2.34. The molecule has 15 heavy (non-hydrogen) atoms. The van der Waals surface area contributed by atoms with E-state index in [0.717, 1.165) is 0 Å². The molecule has 2 nitrogen and oxygen atoms in total. The Morgan fingerprint density at radius 2 is 2.00 bits per heavy atom. The molecule has 0 atom stereocenters. The lowest BCUT2D eigenvalue weighted by Gasteiger charge is -2.40. The van der Waals surface area contributed by atoms with E-state index in [4.69, 9.17) is 4.74 Å². The van der Waals surface area contributed by atoms with Crippen molar-refractivity contribution in [1.29, 1.82) is 0 Å². The van der Waals surface area contributed by atoms with Gasteiger partial charge in [-0.15, -0.1) is 0 Å². The van der Waals surface area contributed by atoms with E-state index in [1.807, 2.05) is 0 Å². The highest BCUT2D eigenvalue weighted by Gasteiger charge is 2.40. The lowest BCUT2D eigenvalue weighted by molar-refractivity contribution is -0.0841. The van der Waals surface area contributed by atoms with E-state index in [9.17, 15) is 5.11 Å². The second kappa shape index (κ2) is 3.32. The van der Waals surface area contributed by atoms with Gasteiger partial charge in [-0.2, -0.15) is 0 Å². The van der Waals surface area contributed by atoms with Crippen molar-refractivity contribution in [3.63, 3.8) is 0 Å². The minimum Gasteiger partial charge on any atom is -0.395 e. The summed E-state index contributed by atoms with van der Waals surface area (Å²) in [4.78, 5) is 0. The van der Waals surface area contributed by atoms with Crippen LogP contribution in [0.15, 0.2) is 18.2 Å². The average Bonchev–Trinajstić information content (AvgIpc) is 2.64. The first kappa shape index (κ1) is 9.37. The topological polar surface area (TPSA) is 29.5 Å². The van der Waals surface area contributed by atoms with Crippen molar-refractivity contribution in [2.45, 2.75) is 24.7 Å². The molecule has 1 aliphatic heterocycles. The van der Waals surface area contributed by atoms with Crippen LogP contribution in [0.25, 0.3) is 0 Å². The van der Waals surface area contributed by atoms with E-state index in [1.54, 1.807) is 0 Å². The van der Waals surface area contributed by atoms with Crippen molar-refractivity contribution < 1.29 is 9.84 Å². The summed E-state index contributed by atoms with van der Waals surface area (Å²) in [6.45, 7) is 1.54. The van der Waals surface area contributed by atoms with Gasteiger partial charge in [0.05, 0.1) is 25.2 Å². The zero-order valence-electron chi connectivity index (χ0n) is 8.83. The molecule has 1 aromatic rings. The molecule has 3 rings (SSSR count). The summed E-state index contributed by atoms with van der Waals surface area (Å²) in [5.41, 5.74) is 4.13. The van der Waals surface area contributed by atoms with Crippen LogP contribution in [-0.2, 0) is 23.0 Å². The molecule has 2 aliphatic rings. The van der Waals surface area contributed by atoms with E-state index in [-0.39, 0.29) is 12.0 Å². The standard InChI is InChI=1S/C13H16O2/c14-7-13(8-15-9-13)12-5-4-10-2-1-3-11(10)6-12/h4-6,14H,1-3,7-9H2. The number of benzene rings is 1. The fourth-order valence-corrected chi connectivity index (χ4v) is 2.60. The Kier molecular flexibility index (Phi) is 2.08. The van der Waals surface area contributed by atoms with Gasteiger partial charge in [0.25, 0.3) is 0 Å². The summed E-state index contributed by atoms with van der Waals surface area (Å²) >= 11 is 0. The molecular weight excluding hydrogens is 188 g/mol. The fourth-order valence-electron chi connectivity index (χ4n) is 2.60. The van der Waals surface area contributed by atoms with Gasteiger partial charge in [-0.1, -0.05) is 18.2 Å². The number of aryl methyl sites for hydroxylation is 2. The molecule has 0 unspecified atom stereocenters. The molecule has 0 amide bonds. The first-order chi connectivity index (χ1) is 7.34. The summed E-state index contributed by atoms with van der Waals surface area (Å²) in [7, 11) is 0. The molecule has 0 radical (unpaired) electrons. The number of hydrogen-bond acceptors (Lipinski definition) is 2. The van der Waals surface area contributed by atoms with Gasteiger partial charge < -0.3 is 9.84 Å². The zero-order valence-corrected chi connectivity index (χ0v) is 8.83. The van der Waals surface area contributed by atoms with Crippen LogP contribution >= 0.6 is 0 Å². The molecule has 0 saturated carbocycles. The Balaban J connectivity index is 1.98. The van der Waals surface area contributed by atoms with Crippen LogP contribution in [0.5, 0.6) is 0 Å². The predicted molar refractivity (Wildman–Crippen MR) is 58.0 cm³/mol. The Morgan fingerprint density at radius 1 is 1.20 bits per heavy atom. The number of ether oxygens (including phenoxy) is 1. The highest BCUT2D eigenvalue weighted by molar-refractivity contribution is 5.39. The summed E-state index contributed by atoms with van der Waals surface area (Å²) < 4.78 is 5.24. The Labute approximate surface area is 89.9 Å². The van der Waals surface area contributed by atoms with E-state index >= 15 is 0 Å². The quantitative estimate of drug-likeness (QED) is 0.789. The molecule has 80 valence electrons. The second-order valence-electron chi connectivity index (χ2n) is 4.77. The molecule has 1 aromatic carbocycles. The average molecular weight is 204 g/mol. The van der Waals surface area contributed by atoms with Crippen molar-refractivity contribution in [2.24, 2.45) is 0 Å². The van der Waals surface area contributed by atoms with Gasteiger partial charge >= 0.3 is 0 Å². The summed E-state index contributed by atoms with van der Waals surface area (Å²) in [5, 5.41) is 9.46. The lowest BCUT2D eigenvalue weighted by atomic mass is 9.78. The third-order valence-electron chi connectivity index (χ3n) is 3.77. The maximum Gasteiger partial charge on any atom is 0.0651 e. The highest BCUT2D eigenvalue weighted by atomic mass is 16.5. The van der Waals surface area contributed by atoms with E-state index in [1.165, 1.54) is 36.0 Å². The van der Waals surface area contributed by atoms with Crippen molar-refractivity contribution in [2.75, 3.05) is 19.8 Å². The molecule has 0 bridgehead atoms. The minimum absolute atomic E-state index is 0.0996. The maximum absolute atomic E-state index is 9.46. The van der Waals surface area contributed by atoms with Crippen LogP contribution in [0.4, 0.5) is 0 Å². The first-order valence-electron chi connectivity index (χ1n) is 5.65. The van der Waals surface area contributed by atoms with Crippen LogP contribution < -0.4 is 0 Å². The van der Waals surface area contributed by atoms with Crippen molar-refractivity contribution in [3.05, 3.63) is 34.9 Å². The summed E-state index contributed by atoms with van der Waals surface area (Å²) in [5.74, 6) is 0. The van der Waals surface area contributed by atoms with Gasteiger partial charge in [0.15, 0.2) is 0 Å². The number of aliphatic hydroxyl groups is 1. The molecule has 1 aliphatic carbocycles. The fraction of sp³-hybridized carbons (Fsp3) is 0.538. The smallest absolute Gasteiger partial charge is 0.0651 e. The number of fused-ring (bicyclic) bond motifs is 1. The minimum atomic E-state index is -0.0996. The van der Waals surface area contributed by atoms with Gasteiger partial charge in [0.2, 0.25) is 0 Å². The summed E-state index contributed by atoms with van der Waals surface area (Å²) in [6.07, 6.45) is 3.70. The van der Waals surface area contributed by atoms with E-state index in [0.29, 0.717) is 13.2 Å². The van der Waals surface area contributed by atoms with Crippen molar-refractivity contribution >= 4 is 0 Å². The van der Waals surface area contributed by atoms with Crippen LogP contribution in [0.1, 0.15) is 23.1 Å². The Hall–Kier alpha value is -0.860. The number of rotatable bonds is 2. The van der Waals surface area contributed by atoms with Gasteiger partial charge in [0.1, 0.15) is 0 Å². The third kappa shape index (κ3) is 1.32. The molecule has 1 heterocycles. The van der Waals surface area contributed by atoms with Gasteiger partial charge in [-0.05, 0) is 36.0 Å². The van der Waals surface area contributed by atoms with Crippen molar-refractivity contribution in [1.82, 2.24) is 0 Å². The van der Waals surface area contributed by atoms with Crippen LogP contribution in [-0.4, -0.2) is 24.9 Å². The van der Waals surface area contributed by atoms with Crippen LogP contribution in [0.2, 0.25) is 0 Å². The first-order valence-corrected chi connectivity index (χ1v) is 5.65. The van der Waals surface area contributed by atoms with Gasteiger partial charge in [-0.3, -0.25) is 0 Å². The summed E-state index contributed by atoms with van der Waals surface area (Å²) in [6, 6.07) is 6.68. The Bertz CT molecular complexity index is 375. The Morgan fingerprint density at radius 3 is 2.67 bits per heavy atom. The molecule has 0 aromatic heterocycles. The molecule has 2 heteroatoms. The van der Waals surface area contributed by atoms with E-state index in [2.05, 4.69) is 18.2 Å². The zero-order chi connectivity index (χ0) is 10.3. The van der Waals surface area contributed by atoms with Crippen molar-refractivity contribution in [3.8, 4) is 0 Å². The largest absolute Gasteiger partial charge is 0.395 e. The monoisotopic (exact) mass is 204 g/mol. The van der Waals surface area contributed by atoms with Gasteiger partial charge in [0, 0.05) is 0 Å². The van der Waals surface area contributed by atoms with E-state index < -0.39 is 0 Å². The second-order valence-corrected chi connectivity index (χ2v) is 4.77. The molecule has 0 spiro atoms. The van der Waals surface area contributed by atoms with Gasteiger partial charge in [-0.25, -0.2) is 0 Å². The number of aliphatic hydroxyl groups excluding tert-OH is 1. The predicted octanol–water partition coefficient (Wildman–Crippen LogP) is 1.44. The molecule has 1 saturated heterocycles. The molecule has 1 fully saturated rings. The van der Waals surface area contributed by atoms with Crippen LogP contribution in [0, 0.1) is 0 Å². The molecular formula is C13H16O2. The lowest BCUT2D eigenvalue weighted by Crippen LogP contribution is -2.49. The maximum atomic E-state index is 9.46. The van der Waals surface area contributed by atoms with Crippen LogP contribution in [0.3, 0.4) is 0 Å².